The Balaban J connectivity index is 2.53. The van der Waals surface area contributed by atoms with E-state index in [4.69, 9.17) is 11.6 Å². The molecule has 1 nitrogen and oxygen atoms in total. The van der Waals surface area contributed by atoms with Gasteiger partial charge in [0.2, 0.25) is 0 Å². The van der Waals surface area contributed by atoms with Gasteiger partial charge in [0.05, 0.1) is 0 Å². The van der Waals surface area contributed by atoms with E-state index in [9.17, 15) is 0 Å². The molecule has 0 fully saturated rings. The lowest BCUT2D eigenvalue weighted by Gasteiger charge is -1.97. The SMILES string of the molecule is CNCCC=Cc1cccc(CCl)c1. The minimum Gasteiger partial charge on any atom is -0.319 e. The summed E-state index contributed by atoms with van der Waals surface area (Å²) in [6.07, 6.45) is 5.36. The van der Waals surface area contributed by atoms with E-state index in [2.05, 4.69) is 29.6 Å². The number of alkyl halides is 1. The van der Waals surface area contributed by atoms with Crippen molar-refractivity contribution in [1.29, 1.82) is 0 Å². The minimum absolute atomic E-state index is 0.582. The van der Waals surface area contributed by atoms with Crippen LogP contribution in [0.25, 0.3) is 6.08 Å². The maximum atomic E-state index is 5.75. The molecule has 0 spiro atoms. The first kappa shape index (κ1) is 11.3. The van der Waals surface area contributed by atoms with Crippen molar-refractivity contribution in [1.82, 2.24) is 5.32 Å². The van der Waals surface area contributed by atoms with Crippen molar-refractivity contribution in [3.8, 4) is 0 Å². The summed E-state index contributed by atoms with van der Waals surface area (Å²) in [6.45, 7) is 1.02. The van der Waals surface area contributed by atoms with Crippen LogP contribution in [0.15, 0.2) is 30.3 Å². The number of hydrogen-bond donors (Lipinski definition) is 1. The Bertz CT molecular complexity index is 294. The highest BCUT2D eigenvalue weighted by Gasteiger charge is 1.90. The van der Waals surface area contributed by atoms with E-state index in [1.807, 2.05) is 19.2 Å². The highest BCUT2D eigenvalue weighted by molar-refractivity contribution is 6.17. The van der Waals surface area contributed by atoms with Crippen molar-refractivity contribution in [2.24, 2.45) is 0 Å². The normalized spacial score (nSPS) is 11.0. The highest BCUT2D eigenvalue weighted by Crippen LogP contribution is 2.09. The molecule has 14 heavy (non-hydrogen) atoms. The summed E-state index contributed by atoms with van der Waals surface area (Å²) in [4.78, 5) is 0. The summed E-state index contributed by atoms with van der Waals surface area (Å²) >= 11 is 5.75. The van der Waals surface area contributed by atoms with Crippen molar-refractivity contribution in [3.05, 3.63) is 41.5 Å². The monoisotopic (exact) mass is 209 g/mol. The molecule has 2 heteroatoms. The van der Waals surface area contributed by atoms with Gasteiger partial charge in [0.15, 0.2) is 0 Å². The Kier molecular flexibility index (Phi) is 5.35. The van der Waals surface area contributed by atoms with Crippen LogP contribution in [0.1, 0.15) is 17.5 Å². The summed E-state index contributed by atoms with van der Waals surface area (Å²) in [6, 6.07) is 8.28. The van der Waals surface area contributed by atoms with Crippen LogP contribution in [0, 0.1) is 0 Å². The number of rotatable bonds is 5. The molecule has 1 rings (SSSR count). The van der Waals surface area contributed by atoms with Gasteiger partial charge in [0.25, 0.3) is 0 Å². The molecule has 0 unspecified atom stereocenters. The van der Waals surface area contributed by atoms with Gasteiger partial charge in [-0.05, 0) is 31.1 Å². The lowest BCUT2D eigenvalue weighted by atomic mass is 10.1. The van der Waals surface area contributed by atoms with Crippen LogP contribution in [-0.2, 0) is 5.88 Å². The second-order valence-corrected chi connectivity index (χ2v) is 3.44. The van der Waals surface area contributed by atoms with Crippen molar-refractivity contribution in [2.75, 3.05) is 13.6 Å². The quantitative estimate of drug-likeness (QED) is 0.581. The Morgan fingerprint density at radius 2 is 2.29 bits per heavy atom. The number of benzene rings is 1. The zero-order chi connectivity index (χ0) is 10.2. The summed E-state index contributed by atoms with van der Waals surface area (Å²) in [5, 5.41) is 3.10. The number of hydrogen-bond acceptors (Lipinski definition) is 1. The lowest BCUT2D eigenvalue weighted by molar-refractivity contribution is 0.809. The molecule has 0 amide bonds. The van der Waals surface area contributed by atoms with Gasteiger partial charge >= 0.3 is 0 Å². The van der Waals surface area contributed by atoms with Crippen molar-refractivity contribution < 1.29 is 0 Å². The molecule has 0 saturated carbocycles. The molecule has 0 aliphatic heterocycles. The Hall–Kier alpha value is -0.790. The van der Waals surface area contributed by atoms with Crippen molar-refractivity contribution in [3.63, 3.8) is 0 Å². The highest BCUT2D eigenvalue weighted by atomic mass is 35.5. The molecule has 1 aromatic rings. The average Bonchev–Trinajstić information content (AvgIpc) is 2.25. The predicted molar refractivity (Wildman–Crippen MR) is 63.6 cm³/mol. The fraction of sp³-hybridized carbons (Fsp3) is 0.333. The van der Waals surface area contributed by atoms with Gasteiger partial charge in [-0.1, -0.05) is 36.4 Å². The van der Waals surface area contributed by atoms with E-state index >= 15 is 0 Å². The van der Waals surface area contributed by atoms with Crippen LogP contribution >= 0.6 is 11.6 Å². The van der Waals surface area contributed by atoms with Crippen LogP contribution < -0.4 is 5.32 Å². The van der Waals surface area contributed by atoms with E-state index < -0.39 is 0 Å². The third-order valence-electron chi connectivity index (χ3n) is 1.98. The van der Waals surface area contributed by atoms with Crippen LogP contribution in [0.3, 0.4) is 0 Å². The van der Waals surface area contributed by atoms with E-state index in [0.717, 1.165) is 13.0 Å². The molecule has 1 aromatic carbocycles. The molecule has 0 bridgehead atoms. The average molecular weight is 210 g/mol. The topological polar surface area (TPSA) is 12.0 Å². The smallest absolute Gasteiger partial charge is 0.0474 e. The summed E-state index contributed by atoms with van der Waals surface area (Å²) in [5.41, 5.74) is 2.39. The number of halogens is 1. The molecule has 0 aromatic heterocycles. The molecule has 0 aliphatic rings. The van der Waals surface area contributed by atoms with Crippen LogP contribution in [0.5, 0.6) is 0 Å². The Morgan fingerprint density at radius 1 is 1.43 bits per heavy atom. The van der Waals surface area contributed by atoms with E-state index in [1.54, 1.807) is 0 Å². The second-order valence-electron chi connectivity index (χ2n) is 3.17. The first-order chi connectivity index (χ1) is 6.86. The molecule has 0 saturated heterocycles. The molecule has 0 atom stereocenters. The molecule has 0 heterocycles. The molecule has 76 valence electrons. The van der Waals surface area contributed by atoms with Gasteiger partial charge in [0, 0.05) is 5.88 Å². The maximum Gasteiger partial charge on any atom is 0.0474 e. The molecular formula is C12H16ClN. The van der Waals surface area contributed by atoms with E-state index in [1.165, 1.54) is 11.1 Å². The van der Waals surface area contributed by atoms with Crippen molar-refractivity contribution in [2.45, 2.75) is 12.3 Å². The first-order valence-electron chi connectivity index (χ1n) is 4.83. The maximum absolute atomic E-state index is 5.75. The summed E-state index contributed by atoms with van der Waals surface area (Å²) in [5.74, 6) is 0.582. The Morgan fingerprint density at radius 3 is 3.00 bits per heavy atom. The molecular weight excluding hydrogens is 194 g/mol. The van der Waals surface area contributed by atoms with E-state index in [0.29, 0.717) is 5.88 Å². The van der Waals surface area contributed by atoms with Gasteiger partial charge in [-0.2, -0.15) is 0 Å². The lowest BCUT2D eigenvalue weighted by Crippen LogP contribution is -2.05. The molecule has 1 N–H and O–H groups in total. The van der Waals surface area contributed by atoms with Gasteiger partial charge in [0.1, 0.15) is 0 Å². The summed E-state index contributed by atoms with van der Waals surface area (Å²) in [7, 11) is 1.96. The van der Waals surface area contributed by atoms with E-state index in [-0.39, 0.29) is 0 Å². The third-order valence-corrected chi connectivity index (χ3v) is 2.29. The van der Waals surface area contributed by atoms with Crippen LogP contribution in [0.4, 0.5) is 0 Å². The second kappa shape index (κ2) is 6.63. The molecule has 0 radical (unpaired) electrons. The minimum atomic E-state index is 0.582. The van der Waals surface area contributed by atoms with Gasteiger partial charge in [-0.3, -0.25) is 0 Å². The Labute approximate surface area is 90.8 Å². The summed E-state index contributed by atoms with van der Waals surface area (Å²) < 4.78 is 0. The predicted octanol–water partition coefficient (Wildman–Crippen LogP) is 3.05. The fourth-order valence-electron chi connectivity index (χ4n) is 1.23. The van der Waals surface area contributed by atoms with Gasteiger partial charge in [-0.15, -0.1) is 11.6 Å². The largest absolute Gasteiger partial charge is 0.319 e. The van der Waals surface area contributed by atoms with Gasteiger partial charge < -0.3 is 5.32 Å². The van der Waals surface area contributed by atoms with Crippen molar-refractivity contribution >= 4 is 17.7 Å². The zero-order valence-electron chi connectivity index (χ0n) is 8.46. The zero-order valence-corrected chi connectivity index (χ0v) is 9.22. The third kappa shape index (κ3) is 3.95. The number of nitrogens with one attached hydrogen (secondary N) is 1. The first-order valence-corrected chi connectivity index (χ1v) is 5.36. The molecule has 0 aliphatic carbocycles. The van der Waals surface area contributed by atoms with Gasteiger partial charge in [-0.25, -0.2) is 0 Å². The van der Waals surface area contributed by atoms with Crippen LogP contribution in [0.2, 0.25) is 0 Å². The standard InChI is InChI=1S/C12H16ClN/c1-14-8-3-2-5-11-6-4-7-12(9-11)10-13/h2,4-7,9,14H,3,8,10H2,1H3. The fourth-order valence-corrected chi connectivity index (χ4v) is 1.39. The van der Waals surface area contributed by atoms with Crippen LogP contribution in [-0.4, -0.2) is 13.6 Å².